The maximum absolute atomic E-state index is 3.56. The molecule has 0 aliphatic rings. The molecule has 1 radical (unpaired) electrons. The van der Waals surface area contributed by atoms with Crippen LogP contribution in [0.4, 0.5) is 0 Å². The van der Waals surface area contributed by atoms with Crippen molar-refractivity contribution in [3.63, 3.8) is 0 Å². The van der Waals surface area contributed by atoms with E-state index >= 15 is 0 Å². The molecule has 0 saturated carbocycles. The van der Waals surface area contributed by atoms with Crippen LogP contribution in [0.25, 0.3) is 22.3 Å². The van der Waals surface area contributed by atoms with E-state index in [9.17, 15) is 0 Å². The van der Waals surface area contributed by atoms with Gasteiger partial charge in [0, 0.05) is 0 Å². The van der Waals surface area contributed by atoms with Gasteiger partial charge in [0.2, 0.25) is 0 Å². The Balaban J connectivity index is 2.26. The largest absolute Gasteiger partial charge is 0.0622 e. The van der Waals surface area contributed by atoms with E-state index in [-0.39, 0.29) is 0 Å². The molecule has 0 aliphatic carbocycles. The molecule has 3 rings (SSSR count). The van der Waals surface area contributed by atoms with Gasteiger partial charge in [-0.2, -0.15) is 0 Å². The van der Waals surface area contributed by atoms with Gasteiger partial charge in [-0.15, -0.1) is 0 Å². The molecule has 0 saturated heterocycles. The van der Waals surface area contributed by atoms with Gasteiger partial charge in [-0.3, -0.25) is 0 Å². The van der Waals surface area contributed by atoms with E-state index in [0.717, 1.165) is 0 Å². The van der Waals surface area contributed by atoms with Crippen LogP contribution >= 0.6 is 0 Å². The van der Waals surface area contributed by atoms with Crippen LogP contribution in [0, 0.1) is 33.8 Å². The van der Waals surface area contributed by atoms with Gasteiger partial charge < -0.3 is 0 Å². The standard InChI is InChI=1S/C22H21/c1-15-10-12-20(13-11-15)22-17(3)14-16(2)21(18(22)4)19-8-6-5-7-9-19/h5-13H,1-4H3. The highest BCUT2D eigenvalue weighted by molar-refractivity contribution is 5.82. The first-order chi connectivity index (χ1) is 10.6. The third-order valence-electron chi connectivity index (χ3n) is 4.28. The van der Waals surface area contributed by atoms with Gasteiger partial charge in [0.25, 0.3) is 0 Å². The molecule has 0 bridgehead atoms. The summed E-state index contributed by atoms with van der Waals surface area (Å²) in [6, 6.07) is 22.9. The first-order valence-electron chi connectivity index (χ1n) is 7.73. The predicted molar refractivity (Wildman–Crippen MR) is 95.1 cm³/mol. The highest BCUT2D eigenvalue weighted by Crippen LogP contribution is 2.36. The minimum absolute atomic E-state index is 1.22. The third-order valence-corrected chi connectivity index (χ3v) is 4.28. The van der Waals surface area contributed by atoms with Crippen LogP contribution < -0.4 is 0 Å². The molecule has 0 unspecified atom stereocenters. The summed E-state index contributed by atoms with van der Waals surface area (Å²) >= 11 is 0. The quantitative estimate of drug-likeness (QED) is 0.537. The first kappa shape index (κ1) is 14.6. The van der Waals surface area contributed by atoms with Crippen molar-refractivity contribution in [2.45, 2.75) is 27.7 Å². The molecule has 22 heavy (non-hydrogen) atoms. The fraction of sp³-hybridized carbons (Fsp3) is 0.182. The maximum atomic E-state index is 3.56. The molecule has 109 valence electrons. The van der Waals surface area contributed by atoms with Crippen LogP contribution in [-0.2, 0) is 0 Å². The molecular formula is C22H21. The van der Waals surface area contributed by atoms with Gasteiger partial charge in [0.15, 0.2) is 0 Å². The molecule has 0 spiro atoms. The Bertz CT molecular complexity index is 794. The molecule has 0 aliphatic heterocycles. The van der Waals surface area contributed by atoms with Gasteiger partial charge >= 0.3 is 0 Å². The van der Waals surface area contributed by atoms with Crippen LogP contribution in [0.1, 0.15) is 22.3 Å². The summed E-state index contributed by atoms with van der Waals surface area (Å²) in [5, 5.41) is 0. The van der Waals surface area contributed by atoms with Crippen LogP contribution in [0.3, 0.4) is 0 Å². The summed E-state index contributed by atoms with van der Waals surface area (Å²) in [7, 11) is 0. The Hall–Kier alpha value is -2.34. The van der Waals surface area contributed by atoms with Gasteiger partial charge in [0.05, 0.1) is 0 Å². The van der Waals surface area contributed by atoms with Gasteiger partial charge in [-0.1, -0.05) is 60.2 Å². The molecule has 3 aromatic rings. The van der Waals surface area contributed by atoms with Crippen molar-refractivity contribution >= 4 is 0 Å². The van der Waals surface area contributed by atoms with Crippen molar-refractivity contribution in [3.05, 3.63) is 82.9 Å². The first-order valence-corrected chi connectivity index (χ1v) is 7.73. The second kappa shape index (κ2) is 5.81. The molecule has 0 heterocycles. The average Bonchev–Trinajstić information content (AvgIpc) is 2.50. The van der Waals surface area contributed by atoms with Gasteiger partial charge in [-0.05, 0) is 72.7 Å². The fourth-order valence-corrected chi connectivity index (χ4v) is 3.28. The molecule has 0 amide bonds. The number of aryl methyl sites for hydroxylation is 3. The summed E-state index contributed by atoms with van der Waals surface area (Å²) < 4.78 is 0. The number of rotatable bonds is 2. The van der Waals surface area contributed by atoms with E-state index in [4.69, 9.17) is 0 Å². The van der Waals surface area contributed by atoms with Crippen molar-refractivity contribution in [1.82, 2.24) is 0 Å². The third kappa shape index (κ3) is 2.57. The van der Waals surface area contributed by atoms with Crippen molar-refractivity contribution in [1.29, 1.82) is 0 Å². The van der Waals surface area contributed by atoms with Gasteiger partial charge in [0.1, 0.15) is 0 Å². The summed E-state index contributed by atoms with van der Waals surface area (Å²) in [6.45, 7) is 8.66. The lowest BCUT2D eigenvalue weighted by atomic mass is 9.86. The molecule has 0 heteroatoms. The predicted octanol–water partition coefficient (Wildman–Crippen LogP) is 6.05. The van der Waals surface area contributed by atoms with E-state index in [2.05, 4.69) is 88.4 Å². The normalized spacial score (nSPS) is 10.7. The van der Waals surface area contributed by atoms with Crippen LogP contribution in [-0.4, -0.2) is 0 Å². The lowest BCUT2D eigenvalue weighted by Crippen LogP contribution is -1.96. The molecule has 0 atom stereocenters. The highest BCUT2D eigenvalue weighted by atomic mass is 14.2. The SMILES string of the molecule is Cc1ccc(-c2c(C)[c]c(C)c(-c3ccccc3)c2C)cc1. The van der Waals surface area contributed by atoms with E-state index in [1.807, 2.05) is 0 Å². The smallest absolute Gasteiger partial charge is 0.0107 e. The van der Waals surface area contributed by atoms with Gasteiger partial charge in [-0.25, -0.2) is 0 Å². The van der Waals surface area contributed by atoms with E-state index in [0.29, 0.717) is 0 Å². The second-order valence-corrected chi connectivity index (χ2v) is 5.98. The topological polar surface area (TPSA) is 0 Å². The van der Waals surface area contributed by atoms with E-state index < -0.39 is 0 Å². The Morgan fingerprint density at radius 1 is 0.591 bits per heavy atom. The molecule has 0 fully saturated rings. The minimum Gasteiger partial charge on any atom is -0.0622 e. The van der Waals surface area contributed by atoms with Crippen molar-refractivity contribution in [3.8, 4) is 22.3 Å². The fourth-order valence-electron chi connectivity index (χ4n) is 3.28. The van der Waals surface area contributed by atoms with Crippen molar-refractivity contribution in [2.24, 2.45) is 0 Å². The second-order valence-electron chi connectivity index (χ2n) is 5.98. The Morgan fingerprint density at radius 3 is 1.64 bits per heavy atom. The molecule has 0 N–H and O–H groups in total. The lowest BCUT2D eigenvalue weighted by molar-refractivity contribution is 1.31. The number of benzene rings is 3. The number of hydrogen-bond acceptors (Lipinski definition) is 0. The Morgan fingerprint density at radius 2 is 1.09 bits per heavy atom. The molecule has 3 aromatic carbocycles. The Kier molecular flexibility index (Phi) is 3.85. The summed E-state index contributed by atoms with van der Waals surface area (Å²) in [5.74, 6) is 0. The molecule has 0 nitrogen and oxygen atoms in total. The summed E-state index contributed by atoms with van der Waals surface area (Å²) in [5.41, 5.74) is 10.2. The van der Waals surface area contributed by atoms with Crippen LogP contribution in [0.2, 0.25) is 0 Å². The van der Waals surface area contributed by atoms with E-state index in [1.54, 1.807) is 0 Å². The van der Waals surface area contributed by atoms with Crippen molar-refractivity contribution < 1.29 is 0 Å². The zero-order chi connectivity index (χ0) is 15.7. The minimum atomic E-state index is 1.22. The van der Waals surface area contributed by atoms with Crippen molar-refractivity contribution in [2.75, 3.05) is 0 Å². The maximum Gasteiger partial charge on any atom is -0.0107 e. The Labute approximate surface area is 133 Å². The molecular weight excluding hydrogens is 264 g/mol. The summed E-state index contributed by atoms with van der Waals surface area (Å²) in [4.78, 5) is 0. The monoisotopic (exact) mass is 285 g/mol. The zero-order valence-electron chi connectivity index (χ0n) is 13.7. The lowest BCUT2D eigenvalue weighted by Gasteiger charge is -2.18. The summed E-state index contributed by atoms with van der Waals surface area (Å²) in [6.07, 6.45) is 0. The highest BCUT2D eigenvalue weighted by Gasteiger charge is 2.14. The zero-order valence-corrected chi connectivity index (χ0v) is 13.7. The average molecular weight is 285 g/mol. The number of hydrogen-bond donors (Lipinski definition) is 0. The molecule has 0 aromatic heterocycles. The van der Waals surface area contributed by atoms with Crippen LogP contribution in [0.15, 0.2) is 54.6 Å². The van der Waals surface area contributed by atoms with E-state index in [1.165, 1.54) is 44.5 Å². The van der Waals surface area contributed by atoms with Crippen LogP contribution in [0.5, 0.6) is 0 Å².